The summed E-state index contributed by atoms with van der Waals surface area (Å²) in [5, 5.41) is 10.4. The number of aryl methyl sites for hydroxylation is 3. The highest BCUT2D eigenvalue weighted by atomic mass is 16.5. The molecule has 20 heavy (non-hydrogen) atoms. The van der Waals surface area contributed by atoms with E-state index in [1.165, 1.54) is 0 Å². The SMILES string of the molecule is COc1cc(C)c(C(O)CCc2cccnc2)cc1C. The highest BCUT2D eigenvalue weighted by Crippen LogP contribution is 2.28. The zero-order valence-electron chi connectivity index (χ0n) is 12.3. The molecule has 1 heterocycles. The van der Waals surface area contributed by atoms with Gasteiger partial charge in [0.05, 0.1) is 13.2 Å². The maximum absolute atomic E-state index is 10.4. The molecular weight excluding hydrogens is 250 g/mol. The lowest BCUT2D eigenvalue weighted by Crippen LogP contribution is -2.03. The van der Waals surface area contributed by atoms with Crippen LogP contribution in [-0.4, -0.2) is 17.2 Å². The highest BCUT2D eigenvalue weighted by Gasteiger charge is 2.13. The molecule has 2 rings (SSSR count). The third kappa shape index (κ3) is 3.36. The molecule has 0 amide bonds. The van der Waals surface area contributed by atoms with E-state index in [1.807, 2.05) is 44.3 Å². The quantitative estimate of drug-likeness (QED) is 0.906. The van der Waals surface area contributed by atoms with E-state index in [4.69, 9.17) is 4.74 Å². The van der Waals surface area contributed by atoms with E-state index < -0.39 is 6.10 Å². The molecule has 1 unspecified atom stereocenters. The number of nitrogens with zero attached hydrogens (tertiary/aromatic N) is 1. The molecule has 0 saturated heterocycles. The molecule has 0 saturated carbocycles. The molecule has 0 aliphatic heterocycles. The van der Waals surface area contributed by atoms with Gasteiger partial charge in [0.15, 0.2) is 0 Å². The number of benzene rings is 1. The van der Waals surface area contributed by atoms with Crippen molar-refractivity contribution >= 4 is 0 Å². The topological polar surface area (TPSA) is 42.4 Å². The predicted molar refractivity (Wildman–Crippen MR) is 80.0 cm³/mol. The van der Waals surface area contributed by atoms with E-state index in [2.05, 4.69) is 4.98 Å². The van der Waals surface area contributed by atoms with Gasteiger partial charge in [-0.05, 0) is 67.1 Å². The van der Waals surface area contributed by atoms with Crippen LogP contribution in [0.2, 0.25) is 0 Å². The molecule has 0 aliphatic carbocycles. The van der Waals surface area contributed by atoms with Gasteiger partial charge in [0, 0.05) is 12.4 Å². The number of pyridine rings is 1. The molecule has 3 heteroatoms. The molecule has 1 N–H and O–H groups in total. The first-order valence-electron chi connectivity index (χ1n) is 6.84. The zero-order valence-corrected chi connectivity index (χ0v) is 12.3. The van der Waals surface area contributed by atoms with Crippen LogP contribution < -0.4 is 4.74 Å². The average Bonchev–Trinajstić information content (AvgIpc) is 2.47. The second-order valence-corrected chi connectivity index (χ2v) is 5.09. The third-order valence-electron chi connectivity index (χ3n) is 3.57. The average molecular weight is 271 g/mol. The summed E-state index contributed by atoms with van der Waals surface area (Å²) in [4.78, 5) is 4.09. The van der Waals surface area contributed by atoms with Gasteiger partial charge in [0.1, 0.15) is 5.75 Å². The molecule has 0 aliphatic rings. The number of aromatic nitrogens is 1. The normalized spacial score (nSPS) is 12.2. The maximum atomic E-state index is 10.4. The lowest BCUT2D eigenvalue weighted by Gasteiger charge is -2.16. The van der Waals surface area contributed by atoms with Crippen molar-refractivity contribution in [1.29, 1.82) is 0 Å². The Bertz CT molecular complexity index is 567. The molecule has 0 fully saturated rings. The Morgan fingerprint density at radius 3 is 2.70 bits per heavy atom. The Hall–Kier alpha value is -1.87. The first kappa shape index (κ1) is 14.5. The van der Waals surface area contributed by atoms with Crippen molar-refractivity contribution < 1.29 is 9.84 Å². The summed E-state index contributed by atoms with van der Waals surface area (Å²) in [7, 11) is 1.67. The monoisotopic (exact) mass is 271 g/mol. The number of aliphatic hydroxyl groups is 1. The maximum Gasteiger partial charge on any atom is 0.122 e. The van der Waals surface area contributed by atoms with E-state index in [9.17, 15) is 5.11 Å². The molecule has 1 aromatic heterocycles. The van der Waals surface area contributed by atoms with Crippen molar-refractivity contribution in [1.82, 2.24) is 4.98 Å². The van der Waals surface area contributed by atoms with E-state index in [-0.39, 0.29) is 0 Å². The summed E-state index contributed by atoms with van der Waals surface area (Å²) in [5.74, 6) is 0.866. The van der Waals surface area contributed by atoms with Crippen LogP contribution in [-0.2, 0) is 6.42 Å². The van der Waals surface area contributed by atoms with Gasteiger partial charge < -0.3 is 9.84 Å². The van der Waals surface area contributed by atoms with Gasteiger partial charge >= 0.3 is 0 Å². The summed E-state index contributed by atoms with van der Waals surface area (Å²) in [6, 6.07) is 7.95. The van der Waals surface area contributed by atoms with Crippen LogP contribution in [0.4, 0.5) is 0 Å². The summed E-state index contributed by atoms with van der Waals surface area (Å²) in [5.41, 5.74) is 4.24. The van der Waals surface area contributed by atoms with Crippen molar-refractivity contribution in [2.75, 3.05) is 7.11 Å². The van der Waals surface area contributed by atoms with Crippen molar-refractivity contribution in [2.24, 2.45) is 0 Å². The van der Waals surface area contributed by atoms with E-state index in [1.54, 1.807) is 13.3 Å². The van der Waals surface area contributed by atoms with Crippen LogP contribution in [0.25, 0.3) is 0 Å². The lowest BCUT2D eigenvalue weighted by molar-refractivity contribution is 0.167. The van der Waals surface area contributed by atoms with Gasteiger partial charge in [-0.25, -0.2) is 0 Å². The summed E-state index contributed by atoms with van der Waals surface area (Å²) in [6.45, 7) is 4.00. The third-order valence-corrected chi connectivity index (χ3v) is 3.57. The molecule has 1 atom stereocenters. The molecule has 0 spiro atoms. The van der Waals surface area contributed by atoms with Crippen molar-refractivity contribution in [3.05, 3.63) is 58.9 Å². The highest BCUT2D eigenvalue weighted by molar-refractivity contribution is 5.42. The second kappa shape index (κ2) is 6.53. The van der Waals surface area contributed by atoms with Crippen LogP contribution in [0.5, 0.6) is 5.75 Å². The Morgan fingerprint density at radius 2 is 2.05 bits per heavy atom. The van der Waals surface area contributed by atoms with Gasteiger partial charge in [-0.15, -0.1) is 0 Å². The fraction of sp³-hybridized carbons (Fsp3) is 0.353. The standard InChI is InChI=1S/C17H21NO2/c1-12-10-17(20-3)13(2)9-15(12)16(19)7-6-14-5-4-8-18-11-14/h4-5,8-11,16,19H,6-7H2,1-3H3. The Balaban J connectivity index is 2.09. The number of hydrogen-bond donors (Lipinski definition) is 1. The molecule has 1 aromatic carbocycles. The molecular formula is C17H21NO2. The van der Waals surface area contributed by atoms with Gasteiger partial charge in [0.25, 0.3) is 0 Å². The number of aliphatic hydroxyl groups excluding tert-OH is 1. The van der Waals surface area contributed by atoms with Gasteiger partial charge in [0.2, 0.25) is 0 Å². The van der Waals surface area contributed by atoms with Crippen LogP contribution >= 0.6 is 0 Å². The lowest BCUT2D eigenvalue weighted by atomic mass is 9.96. The first-order chi connectivity index (χ1) is 9.61. The molecule has 0 bridgehead atoms. The minimum atomic E-state index is -0.459. The number of rotatable bonds is 5. The summed E-state index contributed by atoms with van der Waals surface area (Å²) in [6.07, 6.45) is 4.66. The minimum absolute atomic E-state index is 0.459. The van der Waals surface area contributed by atoms with Crippen LogP contribution in [0.15, 0.2) is 36.7 Å². The van der Waals surface area contributed by atoms with E-state index in [0.29, 0.717) is 6.42 Å². The first-order valence-corrected chi connectivity index (χ1v) is 6.84. The minimum Gasteiger partial charge on any atom is -0.496 e. The number of ether oxygens (including phenoxy) is 1. The molecule has 2 aromatic rings. The van der Waals surface area contributed by atoms with E-state index in [0.717, 1.165) is 34.4 Å². The fourth-order valence-corrected chi connectivity index (χ4v) is 2.40. The summed E-state index contributed by atoms with van der Waals surface area (Å²) >= 11 is 0. The van der Waals surface area contributed by atoms with E-state index >= 15 is 0 Å². The summed E-state index contributed by atoms with van der Waals surface area (Å²) < 4.78 is 5.30. The molecule has 0 radical (unpaired) electrons. The van der Waals surface area contributed by atoms with Gasteiger partial charge in [-0.3, -0.25) is 4.98 Å². The Morgan fingerprint density at radius 1 is 1.25 bits per heavy atom. The Kier molecular flexibility index (Phi) is 4.74. The predicted octanol–water partition coefficient (Wildman–Crippen LogP) is 3.37. The van der Waals surface area contributed by atoms with Crippen molar-refractivity contribution in [3.8, 4) is 5.75 Å². The molecule has 3 nitrogen and oxygen atoms in total. The number of hydrogen-bond acceptors (Lipinski definition) is 3. The number of methoxy groups -OCH3 is 1. The van der Waals surface area contributed by atoms with Gasteiger partial charge in [-0.1, -0.05) is 6.07 Å². The van der Waals surface area contributed by atoms with Crippen LogP contribution in [0, 0.1) is 13.8 Å². The van der Waals surface area contributed by atoms with Crippen LogP contribution in [0.1, 0.15) is 34.8 Å². The van der Waals surface area contributed by atoms with Gasteiger partial charge in [-0.2, -0.15) is 0 Å². The Labute approximate surface area is 120 Å². The second-order valence-electron chi connectivity index (χ2n) is 5.09. The smallest absolute Gasteiger partial charge is 0.122 e. The molecule has 106 valence electrons. The van der Waals surface area contributed by atoms with Crippen molar-refractivity contribution in [3.63, 3.8) is 0 Å². The largest absolute Gasteiger partial charge is 0.496 e. The fourth-order valence-electron chi connectivity index (χ4n) is 2.40. The van der Waals surface area contributed by atoms with Crippen molar-refractivity contribution in [2.45, 2.75) is 32.8 Å². The zero-order chi connectivity index (χ0) is 14.5. The van der Waals surface area contributed by atoms with Crippen LogP contribution in [0.3, 0.4) is 0 Å².